The van der Waals surface area contributed by atoms with Crippen LogP contribution in [0.1, 0.15) is 0 Å². The van der Waals surface area contributed by atoms with Gasteiger partial charge in [0.15, 0.2) is 0 Å². The van der Waals surface area contributed by atoms with E-state index in [-0.39, 0.29) is 0 Å². The molecule has 0 radical (unpaired) electrons. The van der Waals surface area contributed by atoms with Crippen molar-refractivity contribution >= 4 is 10.1 Å². The average molecular weight is 298 g/mol. The normalized spacial score (nSPS) is 11.1. The van der Waals surface area contributed by atoms with Crippen molar-refractivity contribution in [2.45, 2.75) is 0 Å². The third-order valence-corrected chi connectivity index (χ3v) is 1.81. The summed E-state index contributed by atoms with van der Waals surface area (Å²) in [5, 5.41) is 5.76. The summed E-state index contributed by atoms with van der Waals surface area (Å²) in [6.45, 7) is 0. The zero-order valence-corrected chi connectivity index (χ0v) is 8.37. The molecular formula is C4H10N4W. The Morgan fingerprint density at radius 2 is 2.22 bits per heavy atom. The van der Waals surface area contributed by atoms with E-state index in [0.717, 1.165) is 4.15 Å². The van der Waals surface area contributed by atoms with Crippen LogP contribution in [-0.4, -0.2) is 24.2 Å². The molecule has 0 saturated heterocycles. The monoisotopic (exact) mass is 298 g/mol. The van der Waals surface area contributed by atoms with Crippen LogP contribution in [0.25, 0.3) is 0 Å². The van der Waals surface area contributed by atoms with Crippen LogP contribution < -0.4 is 16.4 Å². The third kappa shape index (κ3) is 4.30. The fraction of sp³-hybridized carbons (Fsp3) is 0.500. The zero-order valence-electron chi connectivity index (χ0n) is 5.43. The molecular weight excluding hydrogens is 288 g/mol. The van der Waals surface area contributed by atoms with E-state index in [0.29, 0.717) is 5.96 Å². The first-order valence-corrected chi connectivity index (χ1v) is 3.88. The molecule has 5 heteroatoms. The predicted molar refractivity (Wildman–Crippen MR) is 34.7 cm³/mol. The third-order valence-electron chi connectivity index (χ3n) is 0.710. The van der Waals surface area contributed by atoms with Crippen LogP contribution in [0, 0.1) is 0 Å². The molecule has 0 aliphatic carbocycles. The van der Waals surface area contributed by atoms with Crippen LogP contribution in [0.4, 0.5) is 0 Å². The Morgan fingerprint density at radius 1 is 1.67 bits per heavy atom. The number of hydrogen-bond acceptors (Lipinski definition) is 2. The first-order chi connectivity index (χ1) is 4.20. The van der Waals surface area contributed by atoms with E-state index >= 15 is 0 Å². The van der Waals surface area contributed by atoms with Crippen molar-refractivity contribution in [3.63, 3.8) is 0 Å². The summed E-state index contributed by atoms with van der Waals surface area (Å²) in [7, 11) is 3.47. The van der Waals surface area contributed by atoms with E-state index in [1.165, 1.54) is 19.4 Å². The van der Waals surface area contributed by atoms with Gasteiger partial charge in [-0.2, -0.15) is 0 Å². The van der Waals surface area contributed by atoms with E-state index < -0.39 is 0 Å². The predicted octanol–water partition coefficient (Wildman–Crippen LogP) is -1.63. The summed E-state index contributed by atoms with van der Waals surface area (Å²) in [6, 6.07) is 0. The molecule has 52 valence electrons. The van der Waals surface area contributed by atoms with E-state index in [9.17, 15) is 0 Å². The van der Waals surface area contributed by atoms with Gasteiger partial charge in [0.1, 0.15) is 0 Å². The molecule has 0 fully saturated rings. The van der Waals surface area contributed by atoms with Crippen molar-refractivity contribution in [3.05, 3.63) is 0 Å². The molecule has 0 bridgehead atoms. The van der Waals surface area contributed by atoms with Crippen LogP contribution in [0.2, 0.25) is 0 Å². The molecule has 0 spiro atoms. The van der Waals surface area contributed by atoms with Crippen molar-refractivity contribution in [2.75, 3.05) is 14.1 Å². The fourth-order valence-electron chi connectivity index (χ4n) is 0.235. The maximum absolute atomic E-state index is 5.34. The number of hydrogen-bond donors (Lipinski definition) is 3. The van der Waals surface area contributed by atoms with Gasteiger partial charge in [0.25, 0.3) is 0 Å². The number of nitrogens with one attached hydrogen (secondary N) is 2. The maximum atomic E-state index is 5.34. The molecule has 0 amide bonds. The van der Waals surface area contributed by atoms with Gasteiger partial charge in [0, 0.05) is 0 Å². The molecule has 0 rings (SSSR count). The molecule has 4 nitrogen and oxygen atoms in total. The first-order valence-electron chi connectivity index (χ1n) is 2.41. The first kappa shape index (κ1) is 8.79. The van der Waals surface area contributed by atoms with E-state index in [2.05, 4.69) is 15.6 Å². The van der Waals surface area contributed by atoms with Gasteiger partial charge in [-0.05, 0) is 0 Å². The summed E-state index contributed by atoms with van der Waals surface area (Å²) < 4.78 is 0.970. The summed E-state index contributed by atoms with van der Waals surface area (Å²) in [5.41, 5.74) is 5.34. The number of rotatable bonds is 2. The Hall–Kier alpha value is -0.212. The average Bonchev–Trinajstić information content (AvgIpc) is 1.87. The minimum atomic E-state index is 0.439. The van der Waals surface area contributed by atoms with Gasteiger partial charge >= 0.3 is 64.9 Å². The van der Waals surface area contributed by atoms with Crippen LogP contribution in [0.3, 0.4) is 0 Å². The molecule has 0 unspecified atom stereocenters. The van der Waals surface area contributed by atoms with E-state index in [4.69, 9.17) is 5.73 Å². The quantitative estimate of drug-likeness (QED) is 0.424. The Balaban J connectivity index is 3.60. The van der Waals surface area contributed by atoms with Crippen molar-refractivity contribution in [2.24, 2.45) is 10.7 Å². The number of guanidine groups is 1. The topological polar surface area (TPSA) is 62.4 Å². The number of nitrogens with two attached hydrogens (primary N) is 1. The standard InChI is InChI=1S/C4H10N4.W/c1-6-3-8-4(5)7-2;/h6H,1-2H3,(H3,5,7,8);. The van der Waals surface area contributed by atoms with Gasteiger partial charge in [0.2, 0.25) is 0 Å². The summed E-state index contributed by atoms with van der Waals surface area (Å²) in [4.78, 5) is 3.71. The summed E-state index contributed by atoms with van der Waals surface area (Å²) >= 11 is 1.30. The van der Waals surface area contributed by atoms with E-state index in [1.807, 2.05) is 7.05 Å². The second-order valence-corrected chi connectivity index (χ2v) is 2.78. The van der Waals surface area contributed by atoms with Crippen molar-refractivity contribution < 1.29 is 19.4 Å². The Labute approximate surface area is 65.3 Å². The van der Waals surface area contributed by atoms with Gasteiger partial charge in [-0.3, -0.25) is 0 Å². The Kier molecular flexibility index (Phi) is 4.54. The molecule has 0 aromatic rings. The summed E-state index contributed by atoms with van der Waals surface area (Å²) in [5.74, 6) is 0.439. The molecule has 0 aliphatic heterocycles. The molecule has 0 aromatic heterocycles. The zero-order chi connectivity index (χ0) is 7.28. The van der Waals surface area contributed by atoms with Crippen LogP contribution in [0.5, 0.6) is 0 Å². The SMILES string of the molecule is CN=C(N)N[C](=[W])NC. The molecule has 0 aromatic carbocycles. The van der Waals surface area contributed by atoms with Gasteiger partial charge in [-0.15, -0.1) is 0 Å². The van der Waals surface area contributed by atoms with Crippen molar-refractivity contribution in [1.29, 1.82) is 0 Å². The number of nitrogens with zero attached hydrogens (tertiary/aromatic N) is 1. The molecule has 0 heterocycles. The Morgan fingerprint density at radius 3 is 2.56 bits per heavy atom. The fourth-order valence-corrected chi connectivity index (χ4v) is 0.610. The van der Waals surface area contributed by atoms with Crippen molar-refractivity contribution in [1.82, 2.24) is 10.6 Å². The molecule has 0 saturated carbocycles. The van der Waals surface area contributed by atoms with Gasteiger partial charge < -0.3 is 0 Å². The molecule has 4 N–H and O–H groups in total. The van der Waals surface area contributed by atoms with Crippen LogP contribution in [0.15, 0.2) is 4.99 Å². The van der Waals surface area contributed by atoms with E-state index in [1.54, 1.807) is 7.05 Å². The van der Waals surface area contributed by atoms with Crippen molar-refractivity contribution in [3.8, 4) is 0 Å². The molecule has 9 heavy (non-hydrogen) atoms. The second kappa shape index (κ2) is 4.65. The van der Waals surface area contributed by atoms with Crippen LogP contribution in [-0.2, 0) is 19.4 Å². The summed E-state index contributed by atoms with van der Waals surface area (Å²) in [6.07, 6.45) is 0. The second-order valence-electron chi connectivity index (χ2n) is 1.31. The van der Waals surface area contributed by atoms with Crippen LogP contribution >= 0.6 is 0 Å². The Bertz CT molecular complexity index is 131. The molecule has 0 atom stereocenters. The van der Waals surface area contributed by atoms with Gasteiger partial charge in [-0.25, -0.2) is 0 Å². The van der Waals surface area contributed by atoms with Gasteiger partial charge in [0.05, 0.1) is 0 Å². The number of aliphatic imine (C=N–C) groups is 1. The minimum absolute atomic E-state index is 0.439. The molecule has 0 aliphatic rings. The van der Waals surface area contributed by atoms with Gasteiger partial charge in [-0.1, -0.05) is 0 Å².